The third kappa shape index (κ3) is 3.71. The van der Waals surface area contributed by atoms with Gasteiger partial charge in [-0.2, -0.15) is 0 Å². The molecular formula is C14H10BrClF2N2O. The molecule has 1 amide bonds. The van der Waals surface area contributed by atoms with Crippen molar-refractivity contribution in [2.24, 2.45) is 5.73 Å². The Labute approximate surface area is 133 Å². The van der Waals surface area contributed by atoms with Crippen molar-refractivity contribution in [2.75, 3.05) is 5.32 Å². The van der Waals surface area contributed by atoms with Gasteiger partial charge >= 0.3 is 0 Å². The average molecular weight is 376 g/mol. The first kappa shape index (κ1) is 15.7. The lowest BCUT2D eigenvalue weighted by atomic mass is 10.1. The van der Waals surface area contributed by atoms with Crippen molar-refractivity contribution in [3.63, 3.8) is 0 Å². The molecule has 0 radical (unpaired) electrons. The van der Waals surface area contributed by atoms with E-state index < -0.39 is 17.5 Å². The maximum Gasteiger partial charge on any atom is 0.251 e. The van der Waals surface area contributed by atoms with Crippen LogP contribution in [0.5, 0.6) is 0 Å². The van der Waals surface area contributed by atoms with Gasteiger partial charge in [0.25, 0.3) is 5.91 Å². The summed E-state index contributed by atoms with van der Waals surface area (Å²) in [4.78, 5) is 11.1. The summed E-state index contributed by atoms with van der Waals surface area (Å²) in [6, 6.07) is 6.84. The van der Waals surface area contributed by atoms with Crippen LogP contribution in [-0.4, -0.2) is 5.91 Å². The van der Waals surface area contributed by atoms with Crippen molar-refractivity contribution in [1.29, 1.82) is 0 Å². The van der Waals surface area contributed by atoms with Gasteiger partial charge in [0.05, 0.1) is 11.3 Å². The number of benzene rings is 2. The molecule has 0 saturated heterocycles. The van der Waals surface area contributed by atoms with Gasteiger partial charge in [-0.15, -0.1) is 0 Å². The van der Waals surface area contributed by atoms with E-state index in [1.54, 1.807) is 18.2 Å². The molecule has 110 valence electrons. The molecule has 0 bridgehead atoms. The van der Waals surface area contributed by atoms with Crippen LogP contribution in [0.2, 0.25) is 5.02 Å². The Balaban J connectivity index is 2.25. The van der Waals surface area contributed by atoms with E-state index in [0.717, 1.165) is 16.1 Å². The predicted octanol–water partition coefficient (Wildman–Crippen LogP) is 4.09. The van der Waals surface area contributed by atoms with Crippen molar-refractivity contribution < 1.29 is 13.6 Å². The second kappa shape index (κ2) is 6.41. The normalized spacial score (nSPS) is 10.5. The fourth-order valence-corrected chi connectivity index (χ4v) is 2.32. The van der Waals surface area contributed by atoms with Crippen LogP contribution in [0.25, 0.3) is 0 Å². The molecule has 0 aliphatic rings. The van der Waals surface area contributed by atoms with E-state index in [-0.39, 0.29) is 17.8 Å². The molecule has 0 spiro atoms. The second-order valence-corrected chi connectivity index (χ2v) is 5.56. The quantitative estimate of drug-likeness (QED) is 0.845. The number of halogens is 4. The number of anilines is 1. The lowest BCUT2D eigenvalue weighted by molar-refractivity contribution is 0.0996. The maximum atomic E-state index is 13.7. The molecule has 0 saturated carbocycles. The number of nitrogens with two attached hydrogens (primary N) is 1. The van der Waals surface area contributed by atoms with Crippen LogP contribution in [0.1, 0.15) is 15.9 Å². The number of hydrogen-bond acceptors (Lipinski definition) is 2. The van der Waals surface area contributed by atoms with E-state index in [0.29, 0.717) is 11.1 Å². The molecule has 3 nitrogen and oxygen atoms in total. The van der Waals surface area contributed by atoms with E-state index in [2.05, 4.69) is 21.2 Å². The molecule has 0 fully saturated rings. The Bertz CT molecular complexity index is 710. The summed E-state index contributed by atoms with van der Waals surface area (Å²) in [5, 5.41) is 3.32. The van der Waals surface area contributed by atoms with Crippen LogP contribution in [-0.2, 0) is 6.54 Å². The Morgan fingerprint density at radius 1 is 1.24 bits per heavy atom. The highest BCUT2D eigenvalue weighted by atomic mass is 79.9. The zero-order chi connectivity index (χ0) is 15.6. The summed E-state index contributed by atoms with van der Waals surface area (Å²) in [5.74, 6) is -2.76. The van der Waals surface area contributed by atoms with Crippen LogP contribution in [0.15, 0.2) is 34.8 Å². The van der Waals surface area contributed by atoms with Gasteiger partial charge in [0, 0.05) is 22.1 Å². The Hall–Kier alpha value is -1.66. The SMILES string of the molecule is NC(=O)c1cc(NCc2cc(Cl)ccc2Br)c(F)cc1F. The van der Waals surface area contributed by atoms with Gasteiger partial charge in [-0.25, -0.2) is 8.78 Å². The third-order valence-electron chi connectivity index (χ3n) is 2.80. The Morgan fingerprint density at radius 2 is 1.95 bits per heavy atom. The van der Waals surface area contributed by atoms with E-state index in [1.165, 1.54) is 0 Å². The highest BCUT2D eigenvalue weighted by Gasteiger charge is 2.14. The fourth-order valence-electron chi connectivity index (χ4n) is 1.74. The molecule has 7 heteroatoms. The maximum absolute atomic E-state index is 13.7. The molecule has 21 heavy (non-hydrogen) atoms. The van der Waals surface area contributed by atoms with Crippen LogP contribution in [0.3, 0.4) is 0 Å². The van der Waals surface area contributed by atoms with Crippen molar-refractivity contribution in [3.05, 3.63) is 62.6 Å². The van der Waals surface area contributed by atoms with Crippen LogP contribution in [0.4, 0.5) is 14.5 Å². The summed E-state index contributed by atoms with van der Waals surface area (Å²) in [6.07, 6.45) is 0. The third-order valence-corrected chi connectivity index (χ3v) is 3.81. The molecule has 0 unspecified atom stereocenters. The van der Waals surface area contributed by atoms with Gasteiger partial charge in [0.1, 0.15) is 11.6 Å². The minimum atomic E-state index is -0.991. The standard InChI is InChI=1S/C14H10BrClF2N2O/c15-10-2-1-8(16)3-7(10)6-20-13-4-9(14(19)21)11(17)5-12(13)18/h1-5,20H,6H2,(H2,19,21). The summed E-state index contributed by atoms with van der Waals surface area (Å²) in [5.41, 5.74) is 5.43. The number of rotatable bonds is 4. The first-order chi connectivity index (χ1) is 9.88. The first-order valence-corrected chi connectivity index (χ1v) is 7.02. The monoisotopic (exact) mass is 374 g/mol. The largest absolute Gasteiger partial charge is 0.379 e. The molecule has 2 rings (SSSR count). The van der Waals surface area contributed by atoms with Crippen LogP contribution >= 0.6 is 27.5 Å². The van der Waals surface area contributed by atoms with Crippen molar-refractivity contribution in [2.45, 2.75) is 6.54 Å². The summed E-state index contributed by atoms with van der Waals surface area (Å²) in [6.45, 7) is 0.238. The molecular weight excluding hydrogens is 366 g/mol. The zero-order valence-electron chi connectivity index (χ0n) is 10.6. The fraction of sp³-hybridized carbons (Fsp3) is 0.0714. The van der Waals surface area contributed by atoms with Gasteiger partial charge in [0.15, 0.2) is 0 Å². The lowest BCUT2D eigenvalue weighted by Crippen LogP contribution is -2.14. The predicted molar refractivity (Wildman–Crippen MR) is 81.4 cm³/mol. The molecule has 0 heterocycles. The summed E-state index contributed by atoms with van der Waals surface area (Å²) in [7, 11) is 0. The van der Waals surface area contributed by atoms with E-state index in [1.807, 2.05) is 0 Å². The first-order valence-electron chi connectivity index (χ1n) is 5.85. The Morgan fingerprint density at radius 3 is 2.62 bits per heavy atom. The average Bonchev–Trinajstić information content (AvgIpc) is 2.41. The molecule has 0 aliphatic carbocycles. The number of carbonyl (C=O) groups is 1. The number of carbonyl (C=O) groups excluding carboxylic acids is 1. The van der Waals surface area contributed by atoms with E-state index in [9.17, 15) is 13.6 Å². The Kier molecular flexibility index (Phi) is 4.80. The van der Waals surface area contributed by atoms with Gasteiger partial charge in [-0.1, -0.05) is 27.5 Å². The highest BCUT2D eigenvalue weighted by Crippen LogP contribution is 2.24. The number of primary amides is 1. The van der Waals surface area contributed by atoms with E-state index >= 15 is 0 Å². The molecule has 3 N–H and O–H groups in total. The van der Waals surface area contributed by atoms with E-state index in [4.69, 9.17) is 17.3 Å². The van der Waals surface area contributed by atoms with Crippen molar-refractivity contribution in [1.82, 2.24) is 0 Å². The molecule has 0 aromatic heterocycles. The zero-order valence-corrected chi connectivity index (χ0v) is 12.9. The summed E-state index contributed by atoms with van der Waals surface area (Å²) >= 11 is 9.23. The molecule has 2 aromatic carbocycles. The van der Waals surface area contributed by atoms with Gasteiger partial charge in [-0.3, -0.25) is 4.79 Å². The second-order valence-electron chi connectivity index (χ2n) is 4.27. The number of hydrogen-bond donors (Lipinski definition) is 2. The smallest absolute Gasteiger partial charge is 0.251 e. The summed E-state index contributed by atoms with van der Waals surface area (Å²) < 4.78 is 27.8. The molecule has 0 atom stereocenters. The van der Waals surface area contributed by atoms with Crippen molar-refractivity contribution in [3.8, 4) is 0 Å². The topological polar surface area (TPSA) is 55.1 Å². The molecule has 2 aromatic rings. The van der Waals surface area contributed by atoms with Crippen LogP contribution in [0, 0.1) is 11.6 Å². The van der Waals surface area contributed by atoms with Crippen LogP contribution < -0.4 is 11.1 Å². The number of nitrogens with one attached hydrogen (secondary N) is 1. The lowest BCUT2D eigenvalue weighted by Gasteiger charge is -2.11. The van der Waals surface area contributed by atoms with Gasteiger partial charge < -0.3 is 11.1 Å². The highest BCUT2D eigenvalue weighted by molar-refractivity contribution is 9.10. The minimum absolute atomic E-state index is 0.0166. The molecule has 0 aliphatic heterocycles. The van der Waals surface area contributed by atoms with Gasteiger partial charge in [-0.05, 0) is 29.8 Å². The number of amides is 1. The minimum Gasteiger partial charge on any atom is -0.379 e. The van der Waals surface area contributed by atoms with Crippen molar-refractivity contribution >= 4 is 39.1 Å². The van der Waals surface area contributed by atoms with Gasteiger partial charge in [0.2, 0.25) is 0 Å².